The van der Waals surface area contributed by atoms with Gasteiger partial charge in [0.2, 0.25) is 10.0 Å². The molecule has 0 spiro atoms. The van der Waals surface area contributed by atoms with E-state index in [9.17, 15) is 18.0 Å². The van der Waals surface area contributed by atoms with Gasteiger partial charge in [0, 0.05) is 52.5 Å². The number of carbonyl (C=O) groups is 2. The first-order valence-corrected chi connectivity index (χ1v) is 10.9. The number of morpholine rings is 1. The van der Waals surface area contributed by atoms with Crippen LogP contribution in [0.1, 0.15) is 12.8 Å². The zero-order valence-electron chi connectivity index (χ0n) is 15.6. The van der Waals surface area contributed by atoms with Gasteiger partial charge in [0.15, 0.2) is 0 Å². The number of nitrogens with one attached hydrogen (secondary N) is 1. The topological polar surface area (TPSA) is 108 Å². The van der Waals surface area contributed by atoms with Crippen LogP contribution >= 0.6 is 0 Å². The Balaban J connectivity index is 1.62. The molecule has 1 N–H and O–H groups in total. The minimum atomic E-state index is -3.61. The Labute approximate surface area is 159 Å². The second-order valence-corrected chi connectivity index (χ2v) is 9.08. The van der Waals surface area contributed by atoms with Gasteiger partial charge in [-0.3, -0.25) is 9.69 Å². The number of urea groups is 1. The molecule has 0 aromatic heterocycles. The highest BCUT2D eigenvalue weighted by atomic mass is 32.2. The molecule has 0 aromatic carbocycles. The van der Waals surface area contributed by atoms with Gasteiger partial charge in [0.25, 0.3) is 5.91 Å². The first-order valence-electron chi connectivity index (χ1n) is 9.33. The lowest BCUT2D eigenvalue weighted by Crippen LogP contribution is -2.50. The van der Waals surface area contributed by atoms with E-state index in [1.807, 2.05) is 4.90 Å². The van der Waals surface area contributed by atoms with Gasteiger partial charge in [-0.05, 0) is 12.8 Å². The van der Waals surface area contributed by atoms with Gasteiger partial charge in [-0.2, -0.15) is 0 Å². The molecule has 11 heteroatoms. The van der Waals surface area contributed by atoms with Crippen LogP contribution in [0.2, 0.25) is 0 Å². The number of ether oxygens (including phenoxy) is 2. The quantitative estimate of drug-likeness (QED) is 0.566. The molecule has 0 saturated carbocycles. The maximum atomic E-state index is 12.9. The van der Waals surface area contributed by atoms with E-state index < -0.39 is 22.0 Å². The predicted octanol–water partition coefficient (Wildman–Crippen LogP) is -1.32. The van der Waals surface area contributed by atoms with Crippen LogP contribution in [0.3, 0.4) is 0 Å². The molecule has 3 aliphatic heterocycles. The van der Waals surface area contributed by atoms with Gasteiger partial charge < -0.3 is 19.7 Å². The molecule has 10 nitrogen and oxygen atoms in total. The summed E-state index contributed by atoms with van der Waals surface area (Å²) in [6.45, 7) is 3.46. The van der Waals surface area contributed by atoms with Crippen molar-refractivity contribution < 1.29 is 27.5 Å². The van der Waals surface area contributed by atoms with Crippen molar-refractivity contribution in [3.05, 3.63) is 0 Å². The Bertz CT molecular complexity index is 651. The van der Waals surface area contributed by atoms with Gasteiger partial charge in [0.1, 0.15) is 0 Å². The summed E-state index contributed by atoms with van der Waals surface area (Å²) in [5.41, 5.74) is 0. The Kier molecular flexibility index (Phi) is 6.56. The molecular formula is C16H28N4O6S. The second-order valence-electron chi connectivity index (χ2n) is 7.07. The number of nitrogens with zero attached hydrogens (tertiary/aromatic N) is 3. The normalized spacial score (nSPS) is 28.7. The lowest BCUT2D eigenvalue weighted by Gasteiger charge is -2.28. The predicted molar refractivity (Wildman–Crippen MR) is 96.7 cm³/mol. The summed E-state index contributed by atoms with van der Waals surface area (Å²) in [6, 6.07) is -0.839. The van der Waals surface area contributed by atoms with Crippen molar-refractivity contribution in [1.82, 2.24) is 19.4 Å². The Hall–Kier alpha value is -1.43. The van der Waals surface area contributed by atoms with Crippen molar-refractivity contribution in [2.75, 3.05) is 65.4 Å². The van der Waals surface area contributed by atoms with E-state index in [0.717, 1.165) is 4.31 Å². The smallest absolute Gasteiger partial charge is 0.317 e. The summed E-state index contributed by atoms with van der Waals surface area (Å²) < 4.78 is 36.1. The van der Waals surface area contributed by atoms with Crippen LogP contribution in [0, 0.1) is 0 Å². The lowest BCUT2D eigenvalue weighted by molar-refractivity contribution is -0.130. The third-order valence-corrected chi connectivity index (χ3v) is 6.97. The Morgan fingerprint density at radius 3 is 2.74 bits per heavy atom. The van der Waals surface area contributed by atoms with Gasteiger partial charge in [-0.15, -0.1) is 0 Å². The fourth-order valence-electron chi connectivity index (χ4n) is 3.79. The zero-order valence-corrected chi connectivity index (χ0v) is 16.4. The highest BCUT2D eigenvalue weighted by Crippen LogP contribution is 2.25. The number of amides is 3. The SMILES string of the molecule is COCCCN1C(=O)[C@@H]2C[C@H](NC(=O)N3CCOCC3)CN2CCS1(=O)=O. The lowest BCUT2D eigenvalue weighted by atomic mass is 10.1. The molecule has 0 radical (unpaired) electrons. The molecule has 0 bridgehead atoms. The fourth-order valence-corrected chi connectivity index (χ4v) is 5.28. The summed E-state index contributed by atoms with van der Waals surface area (Å²) in [7, 11) is -2.07. The highest BCUT2D eigenvalue weighted by Gasteiger charge is 2.45. The molecule has 3 aliphatic rings. The van der Waals surface area contributed by atoms with E-state index >= 15 is 0 Å². The maximum absolute atomic E-state index is 12.9. The van der Waals surface area contributed by atoms with Crippen LogP contribution in [-0.4, -0.2) is 112 Å². The molecule has 3 heterocycles. The monoisotopic (exact) mass is 404 g/mol. The van der Waals surface area contributed by atoms with Crippen LogP contribution in [-0.2, 0) is 24.3 Å². The van der Waals surface area contributed by atoms with Crippen molar-refractivity contribution in [1.29, 1.82) is 0 Å². The van der Waals surface area contributed by atoms with Gasteiger partial charge in [0.05, 0.1) is 25.0 Å². The molecular weight excluding hydrogens is 376 g/mol. The van der Waals surface area contributed by atoms with E-state index in [-0.39, 0.29) is 24.4 Å². The largest absolute Gasteiger partial charge is 0.385 e. The van der Waals surface area contributed by atoms with Crippen LogP contribution in [0.5, 0.6) is 0 Å². The molecule has 3 saturated heterocycles. The third-order valence-electron chi connectivity index (χ3n) is 5.24. The van der Waals surface area contributed by atoms with Crippen molar-refractivity contribution >= 4 is 22.0 Å². The van der Waals surface area contributed by atoms with Crippen LogP contribution < -0.4 is 5.32 Å². The molecule has 3 rings (SSSR count). The molecule has 3 fully saturated rings. The van der Waals surface area contributed by atoms with Gasteiger partial charge in [-0.1, -0.05) is 0 Å². The molecule has 3 amide bonds. The number of carbonyl (C=O) groups excluding carboxylic acids is 2. The number of methoxy groups -OCH3 is 1. The third kappa shape index (κ3) is 4.71. The number of fused-ring (bicyclic) bond motifs is 1. The summed E-state index contributed by atoms with van der Waals surface area (Å²) in [6.07, 6.45) is 0.886. The Morgan fingerprint density at radius 2 is 2.04 bits per heavy atom. The number of sulfonamides is 1. The molecule has 2 atom stereocenters. The van der Waals surface area contributed by atoms with E-state index in [2.05, 4.69) is 5.32 Å². The average molecular weight is 404 g/mol. The van der Waals surface area contributed by atoms with Crippen LogP contribution in [0.25, 0.3) is 0 Å². The number of rotatable bonds is 5. The van der Waals surface area contributed by atoms with E-state index in [1.165, 1.54) is 0 Å². The van der Waals surface area contributed by atoms with E-state index in [0.29, 0.717) is 58.8 Å². The van der Waals surface area contributed by atoms with Gasteiger partial charge >= 0.3 is 6.03 Å². The standard InChI is InChI=1S/C16H28N4O6S/c1-25-7-2-3-20-15(21)14-11-13(12-19(14)6-10-27(20,23)24)17-16(22)18-4-8-26-9-5-18/h13-14H,2-12H2,1H3,(H,17,22)/t13-,14-/m0/s1. The average Bonchev–Trinajstić information content (AvgIpc) is 3.03. The Morgan fingerprint density at radius 1 is 1.30 bits per heavy atom. The molecule has 154 valence electrons. The maximum Gasteiger partial charge on any atom is 0.317 e. The summed E-state index contributed by atoms with van der Waals surface area (Å²) in [4.78, 5) is 28.9. The molecule has 0 aliphatic carbocycles. The van der Waals surface area contributed by atoms with Crippen LogP contribution in [0.15, 0.2) is 0 Å². The highest BCUT2D eigenvalue weighted by molar-refractivity contribution is 7.89. The van der Waals surface area contributed by atoms with Crippen LogP contribution in [0.4, 0.5) is 4.79 Å². The number of hydrogen-bond acceptors (Lipinski definition) is 7. The summed E-state index contributed by atoms with van der Waals surface area (Å²) >= 11 is 0. The summed E-state index contributed by atoms with van der Waals surface area (Å²) in [5, 5.41) is 2.98. The first-order chi connectivity index (χ1) is 12.9. The van der Waals surface area contributed by atoms with E-state index in [4.69, 9.17) is 9.47 Å². The minimum Gasteiger partial charge on any atom is -0.385 e. The second kappa shape index (κ2) is 8.72. The van der Waals surface area contributed by atoms with Gasteiger partial charge in [-0.25, -0.2) is 17.5 Å². The molecule has 0 aromatic rings. The van der Waals surface area contributed by atoms with Crippen molar-refractivity contribution in [3.8, 4) is 0 Å². The van der Waals surface area contributed by atoms with Crippen molar-refractivity contribution in [2.24, 2.45) is 0 Å². The molecule has 0 unspecified atom stereocenters. The first kappa shape index (κ1) is 20.3. The zero-order chi connectivity index (χ0) is 19.4. The summed E-state index contributed by atoms with van der Waals surface area (Å²) in [5.74, 6) is -0.487. The minimum absolute atomic E-state index is 0.0909. The van der Waals surface area contributed by atoms with E-state index in [1.54, 1.807) is 12.0 Å². The fraction of sp³-hybridized carbons (Fsp3) is 0.875. The van der Waals surface area contributed by atoms with Crippen molar-refractivity contribution in [2.45, 2.75) is 24.9 Å². The molecule has 27 heavy (non-hydrogen) atoms. The number of hydrogen-bond donors (Lipinski definition) is 1. The van der Waals surface area contributed by atoms with Crippen molar-refractivity contribution in [3.63, 3.8) is 0 Å².